The zero-order chi connectivity index (χ0) is 16.1. The van der Waals surface area contributed by atoms with Crippen molar-refractivity contribution in [1.29, 1.82) is 0 Å². The Hall–Kier alpha value is -1.88. The molecule has 5 nitrogen and oxygen atoms in total. The normalized spacial score (nSPS) is 28.0. The van der Waals surface area contributed by atoms with Gasteiger partial charge in [-0.25, -0.2) is 0 Å². The van der Waals surface area contributed by atoms with Gasteiger partial charge in [-0.2, -0.15) is 0 Å². The highest BCUT2D eigenvalue weighted by molar-refractivity contribution is 6.07. The number of carbonyl (C=O) groups excluding carboxylic acids is 1. The van der Waals surface area contributed by atoms with Gasteiger partial charge >= 0.3 is 5.97 Å². The van der Waals surface area contributed by atoms with Gasteiger partial charge in [-0.05, 0) is 23.5 Å². The summed E-state index contributed by atoms with van der Waals surface area (Å²) < 4.78 is 0. The third kappa shape index (κ3) is 2.29. The first-order valence-electron chi connectivity index (χ1n) is 7.61. The van der Waals surface area contributed by atoms with Crippen LogP contribution in [0.1, 0.15) is 32.8 Å². The molecule has 2 heterocycles. The number of carboxylic acid groups (broad SMARTS) is 1. The molecule has 3 rings (SSSR count). The quantitative estimate of drug-likeness (QED) is 0.877. The molecule has 0 saturated carbocycles. The monoisotopic (exact) mass is 302 g/mol. The maximum absolute atomic E-state index is 12.6. The van der Waals surface area contributed by atoms with Crippen molar-refractivity contribution in [3.63, 3.8) is 0 Å². The van der Waals surface area contributed by atoms with E-state index < -0.39 is 17.4 Å². The fourth-order valence-electron chi connectivity index (χ4n) is 3.73. The number of amides is 1. The minimum Gasteiger partial charge on any atom is -0.480 e. The molecule has 0 bridgehead atoms. The molecule has 118 valence electrons. The number of benzene rings is 1. The van der Waals surface area contributed by atoms with Crippen LogP contribution in [0.5, 0.6) is 0 Å². The van der Waals surface area contributed by atoms with Crippen LogP contribution < -0.4 is 5.32 Å². The minimum absolute atomic E-state index is 0.0200. The van der Waals surface area contributed by atoms with E-state index in [0.717, 1.165) is 11.3 Å². The fraction of sp³-hybridized carbons (Fsp3) is 0.529. The number of carboxylic acids is 1. The predicted octanol–water partition coefficient (Wildman–Crippen LogP) is 2.08. The zero-order valence-corrected chi connectivity index (χ0v) is 13.2. The number of nitrogens with one attached hydrogen (secondary N) is 1. The highest BCUT2D eigenvalue weighted by Crippen LogP contribution is 2.46. The van der Waals surface area contributed by atoms with E-state index in [1.54, 1.807) is 0 Å². The van der Waals surface area contributed by atoms with E-state index in [-0.39, 0.29) is 11.3 Å². The van der Waals surface area contributed by atoms with Crippen LogP contribution in [0.4, 0.5) is 5.69 Å². The van der Waals surface area contributed by atoms with E-state index in [2.05, 4.69) is 26.1 Å². The average molecular weight is 302 g/mol. The van der Waals surface area contributed by atoms with E-state index in [1.165, 1.54) is 0 Å². The van der Waals surface area contributed by atoms with Crippen molar-refractivity contribution < 1.29 is 14.7 Å². The molecule has 0 radical (unpaired) electrons. The zero-order valence-electron chi connectivity index (χ0n) is 13.2. The van der Waals surface area contributed by atoms with Gasteiger partial charge in [-0.15, -0.1) is 0 Å². The number of aliphatic carboxylic acids is 1. The maximum atomic E-state index is 12.6. The van der Waals surface area contributed by atoms with Crippen LogP contribution in [0, 0.1) is 5.41 Å². The lowest BCUT2D eigenvalue weighted by atomic mass is 9.79. The van der Waals surface area contributed by atoms with Crippen molar-refractivity contribution in [2.24, 2.45) is 5.41 Å². The molecule has 1 spiro atoms. The second kappa shape index (κ2) is 4.81. The highest BCUT2D eigenvalue weighted by atomic mass is 16.4. The average Bonchev–Trinajstić information content (AvgIpc) is 2.89. The molecule has 2 atom stereocenters. The Morgan fingerprint density at radius 3 is 2.73 bits per heavy atom. The molecule has 1 saturated heterocycles. The number of carbonyl (C=O) groups is 2. The first-order valence-corrected chi connectivity index (χ1v) is 7.61. The summed E-state index contributed by atoms with van der Waals surface area (Å²) in [5.74, 6) is -0.922. The van der Waals surface area contributed by atoms with Gasteiger partial charge in [-0.1, -0.05) is 39.0 Å². The number of nitrogens with zero attached hydrogens (tertiary/aromatic N) is 1. The topological polar surface area (TPSA) is 69.6 Å². The molecule has 0 aliphatic carbocycles. The molecule has 2 unspecified atom stereocenters. The highest BCUT2D eigenvalue weighted by Gasteiger charge is 2.56. The lowest BCUT2D eigenvalue weighted by molar-refractivity contribution is -0.142. The minimum atomic E-state index is -0.849. The molecule has 2 aliphatic rings. The summed E-state index contributed by atoms with van der Waals surface area (Å²) in [6.45, 7) is 7.37. The number of likely N-dealkylation sites (tertiary alicyclic amines) is 1. The van der Waals surface area contributed by atoms with Crippen LogP contribution >= 0.6 is 0 Å². The SMILES string of the molecule is CC(C)(C)CN1CC2(CC1C(=O)O)C(=O)Nc1ccccc12. The van der Waals surface area contributed by atoms with Gasteiger partial charge < -0.3 is 10.4 Å². The van der Waals surface area contributed by atoms with Crippen LogP contribution in [-0.4, -0.2) is 41.0 Å². The molecular weight excluding hydrogens is 280 g/mol. The van der Waals surface area contributed by atoms with Gasteiger partial charge in [0.1, 0.15) is 6.04 Å². The second-order valence-electron chi connectivity index (χ2n) is 7.61. The van der Waals surface area contributed by atoms with Crippen molar-refractivity contribution in [3.8, 4) is 0 Å². The maximum Gasteiger partial charge on any atom is 0.320 e. The fourth-order valence-corrected chi connectivity index (χ4v) is 3.73. The first kappa shape index (κ1) is 15.0. The van der Waals surface area contributed by atoms with Gasteiger partial charge in [0.25, 0.3) is 0 Å². The third-order valence-electron chi connectivity index (χ3n) is 4.54. The molecule has 1 aromatic rings. The number of rotatable bonds is 2. The van der Waals surface area contributed by atoms with Crippen LogP contribution in [0.15, 0.2) is 24.3 Å². The van der Waals surface area contributed by atoms with Crippen molar-refractivity contribution >= 4 is 17.6 Å². The molecule has 2 aliphatic heterocycles. The summed E-state index contributed by atoms with van der Waals surface area (Å²) in [5, 5.41) is 12.5. The van der Waals surface area contributed by atoms with Crippen LogP contribution in [0.3, 0.4) is 0 Å². The van der Waals surface area contributed by atoms with E-state index in [4.69, 9.17) is 0 Å². The van der Waals surface area contributed by atoms with Crippen LogP contribution in [0.25, 0.3) is 0 Å². The molecule has 2 N–H and O–H groups in total. The summed E-state index contributed by atoms with van der Waals surface area (Å²) in [6.07, 6.45) is 0.335. The lowest BCUT2D eigenvalue weighted by Gasteiger charge is -2.29. The van der Waals surface area contributed by atoms with E-state index >= 15 is 0 Å². The van der Waals surface area contributed by atoms with Gasteiger partial charge in [0, 0.05) is 18.8 Å². The first-order chi connectivity index (χ1) is 10.2. The number of anilines is 1. The van der Waals surface area contributed by atoms with Crippen molar-refractivity contribution in [2.75, 3.05) is 18.4 Å². The smallest absolute Gasteiger partial charge is 0.320 e. The van der Waals surface area contributed by atoms with Gasteiger partial charge in [0.15, 0.2) is 0 Å². The molecule has 0 aromatic heterocycles. The summed E-state index contributed by atoms with van der Waals surface area (Å²) in [6, 6.07) is 6.99. The standard InChI is InChI=1S/C17H22N2O3/c1-16(2,3)9-19-10-17(8-13(19)14(20)21)11-6-4-5-7-12(11)18-15(17)22/h4-7,13H,8-10H2,1-3H3,(H,18,22)(H,20,21). The summed E-state index contributed by atoms with van der Waals surface area (Å²) in [5.41, 5.74) is 0.996. The summed E-state index contributed by atoms with van der Waals surface area (Å²) in [4.78, 5) is 26.2. The Morgan fingerprint density at radius 2 is 2.09 bits per heavy atom. The Morgan fingerprint density at radius 1 is 1.41 bits per heavy atom. The van der Waals surface area contributed by atoms with Crippen molar-refractivity contribution in [2.45, 2.75) is 38.6 Å². The molecule has 1 aromatic carbocycles. The van der Waals surface area contributed by atoms with Gasteiger partial charge in [0.05, 0.1) is 5.41 Å². The van der Waals surface area contributed by atoms with Crippen LogP contribution in [-0.2, 0) is 15.0 Å². The van der Waals surface area contributed by atoms with Gasteiger partial charge in [-0.3, -0.25) is 14.5 Å². The Balaban J connectivity index is 2.00. The largest absolute Gasteiger partial charge is 0.480 e. The Bertz CT molecular complexity index is 635. The molecular formula is C17H22N2O3. The van der Waals surface area contributed by atoms with E-state index in [1.807, 2.05) is 29.2 Å². The van der Waals surface area contributed by atoms with Crippen molar-refractivity contribution in [3.05, 3.63) is 29.8 Å². The van der Waals surface area contributed by atoms with Crippen molar-refractivity contribution in [1.82, 2.24) is 4.90 Å². The third-order valence-corrected chi connectivity index (χ3v) is 4.54. The number of hydrogen-bond donors (Lipinski definition) is 2. The molecule has 1 amide bonds. The second-order valence-corrected chi connectivity index (χ2v) is 7.61. The predicted molar refractivity (Wildman–Crippen MR) is 83.8 cm³/mol. The summed E-state index contributed by atoms with van der Waals surface area (Å²) >= 11 is 0. The van der Waals surface area contributed by atoms with E-state index in [9.17, 15) is 14.7 Å². The van der Waals surface area contributed by atoms with E-state index in [0.29, 0.717) is 19.5 Å². The number of fused-ring (bicyclic) bond motifs is 2. The summed E-state index contributed by atoms with van der Waals surface area (Å²) in [7, 11) is 0. The molecule has 5 heteroatoms. The molecule has 22 heavy (non-hydrogen) atoms. The van der Waals surface area contributed by atoms with Crippen LogP contribution in [0.2, 0.25) is 0 Å². The lowest BCUT2D eigenvalue weighted by Crippen LogP contribution is -2.42. The van der Waals surface area contributed by atoms with Gasteiger partial charge in [0.2, 0.25) is 5.91 Å². The Labute approximate surface area is 130 Å². The molecule has 1 fully saturated rings. The Kier molecular flexibility index (Phi) is 3.29. The number of para-hydroxylation sites is 1. The number of hydrogen-bond acceptors (Lipinski definition) is 3.